The number of fused-ring (bicyclic) bond motifs is 9. The van der Waals surface area contributed by atoms with E-state index in [-0.39, 0.29) is 5.41 Å². The van der Waals surface area contributed by atoms with Crippen LogP contribution in [0.3, 0.4) is 0 Å². The number of nitrogens with zero attached hydrogens (tertiary/aromatic N) is 1. The SMILES string of the molecule is CC1(C)c2ccccc2-c2ccc(N(c3ccc(-c4cccc5c4oc4ccccc45)cc3)c3ccccc3-c3cccc4c3-c3ccccc3C4(c3ccccc3)c3ccc(-c4ccccc4)cc3)cc21. The summed E-state index contributed by atoms with van der Waals surface area (Å²) in [5, 5.41) is 2.26. The first-order chi connectivity index (χ1) is 35.5. The molecule has 0 N–H and O–H groups in total. The summed E-state index contributed by atoms with van der Waals surface area (Å²) in [6.45, 7) is 4.73. The summed E-state index contributed by atoms with van der Waals surface area (Å²) in [4.78, 5) is 2.48. The summed E-state index contributed by atoms with van der Waals surface area (Å²) in [6, 6.07) is 96.1. The minimum absolute atomic E-state index is 0.174. The minimum atomic E-state index is -0.563. The fraction of sp³-hybridized carbons (Fsp3) is 0.0571. The second-order valence-electron chi connectivity index (χ2n) is 19.9. The molecule has 0 radical (unpaired) electrons. The van der Waals surface area contributed by atoms with Crippen molar-refractivity contribution >= 4 is 39.0 Å². The Morgan fingerprint density at radius 1 is 0.333 bits per heavy atom. The van der Waals surface area contributed by atoms with E-state index in [1.807, 2.05) is 6.07 Å². The van der Waals surface area contributed by atoms with Gasteiger partial charge in [0, 0.05) is 38.7 Å². The highest BCUT2D eigenvalue weighted by molar-refractivity contribution is 6.09. The third-order valence-electron chi connectivity index (χ3n) is 15.8. The van der Waals surface area contributed by atoms with Gasteiger partial charge in [0.15, 0.2) is 0 Å². The Hall–Kier alpha value is -8.98. The van der Waals surface area contributed by atoms with Crippen LogP contribution in [0.5, 0.6) is 0 Å². The van der Waals surface area contributed by atoms with Gasteiger partial charge in [-0.3, -0.25) is 0 Å². The van der Waals surface area contributed by atoms with E-state index in [1.165, 1.54) is 72.3 Å². The molecule has 1 aromatic heterocycles. The first-order valence-corrected chi connectivity index (χ1v) is 25.1. The highest BCUT2D eigenvalue weighted by Crippen LogP contribution is 2.60. The molecule has 72 heavy (non-hydrogen) atoms. The van der Waals surface area contributed by atoms with Gasteiger partial charge in [0.25, 0.3) is 0 Å². The maximum absolute atomic E-state index is 6.55. The maximum Gasteiger partial charge on any atom is 0.143 e. The van der Waals surface area contributed by atoms with E-state index in [0.717, 1.165) is 55.7 Å². The van der Waals surface area contributed by atoms with Crippen molar-refractivity contribution in [2.75, 3.05) is 4.90 Å². The van der Waals surface area contributed by atoms with E-state index >= 15 is 0 Å². The lowest BCUT2D eigenvalue weighted by Crippen LogP contribution is -2.28. The van der Waals surface area contributed by atoms with Crippen molar-refractivity contribution in [3.05, 3.63) is 294 Å². The van der Waals surface area contributed by atoms with Gasteiger partial charge in [-0.2, -0.15) is 0 Å². The normalized spacial score (nSPS) is 15.0. The molecule has 14 rings (SSSR count). The second-order valence-corrected chi connectivity index (χ2v) is 19.9. The number of anilines is 3. The smallest absolute Gasteiger partial charge is 0.143 e. The topological polar surface area (TPSA) is 16.4 Å². The lowest BCUT2D eigenvalue weighted by molar-refractivity contribution is 0.660. The van der Waals surface area contributed by atoms with Crippen LogP contribution in [0.15, 0.2) is 265 Å². The molecular weight excluding hydrogens is 871 g/mol. The van der Waals surface area contributed by atoms with E-state index < -0.39 is 5.41 Å². The standard InChI is InChI=1S/C70H49NO/c1-69(2)61-30-13-9-23-54(61)55-44-43-52(45-64(55)69)71(51-41-37-48(38-42-51)53-27-17-29-59-57-25-12-16-34-66(57)72-68(53)59)65-33-15-11-24-56(65)58-28-18-32-63-67(58)60-26-10-14-31-62(60)70(63,49-21-7-4-8-22-49)50-39-35-47(36-40-50)46-19-5-3-6-20-46/h3-45H,1-2H3. The van der Waals surface area contributed by atoms with E-state index in [9.17, 15) is 0 Å². The zero-order valence-electron chi connectivity index (χ0n) is 40.2. The fourth-order valence-corrected chi connectivity index (χ4v) is 12.5. The summed E-state index contributed by atoms with van der Waals surface area (Å²) < 4.78 is 6.55. The molecule has 1 heterocycles. The first kappa shape index (κ1) is 41.9. The first-order valence-electron chi connectivity index (χ1n) is 25.1. The van der Waals surface area contributed by atoms with Gasteiger partial charge >= 0.3 is 0 Å². The van der Waals surface area contributed by atoms with Gasteiger partial charge in [0.2, 0.25) is 0 Å². The number of hydrogen-bond donors (Lipinski definition) is 0. The van der Waals surface area contributed by atoms with Crippen molar-refractivity contribution in [1.82, 2.24) is 0 Å². The summed E-state index contributed by atoms with van der Waals surface area (Å²) >= 11 is 0. The van der Waals surface area contributed by atoms with Crippen molar-refractivity contribution < 1.29 is 4.42 Å². The summed E-state index contributed by atoms with van der Waals surface area (Å²) in [6.07, 6.45) is 0. The average Bonchev–Trinajstić information content (AvgIpc) is 4.06. The van der Waals surface area contributed by atoms with Crippen LogP contribution >= 0.6 is 0 Å². The Kier molecular flexibility index (Phi) is 9.50. The molecule has 2 nitrogen and oxygen atoms in total. The number of furan rings is 1. The largest absolute Gasteiger partial charge is 0.455 e. The minimum Gasteiger partial charge on any atom is -0.455 e. The Bertz CT molecular complexity index is 4050. The van der Waals surface area contributed by atoms with Crippen molar-refractivity contribution in [3.63, 3.8) is 0 Å². The molecule has 1 atom stereocenters. The highest BCUT2D eigenvalue weighted by atomic mass is 16.3. The predicted molar refractivity (Wildman–Crippen MR) is 300 cm³/mol. The average molecular weight is 920 g/mol. The molecule has 12 aromatic rings. The Balaban J connectivity index is 0.974. The van der Waals surface area contributed by atoms with Gasteiger partial charge in [0.05, 0.1) is 11.1 Å². The molecule has 0 bridgehead atoms. The van der Waals surface area contributed by atoms with Crippen LogP contribution in [-0.2, 0) is 10.8 Å². The van der Waals surface area contributed by atoms with Gasteiger partial charge < -0.3 is 9.32 Å². The van der Waals surface area contributed by atoms with Crippen LogP contribution in [0.2, 0.25) is 0 Å². The van der Waals surface area contributed by atoms with Crippen LogP contribution < -0.4 is 4.90 Å². The quantitative estimate of drug-likeness (QED) is 0.151. The Labute approximate surface area is 420 Å². The molecule has 0 spiro atoms. The van der Waals surface area contributed by atoms with Crippen LogP contribution in [-0.4, -0.2) is 0 Å². The predicted octanol–water partition coefficient (Wildman–Crippen LogP) is 18.7. The third kappa shape index (κ3) is 6.22. The molecule has 0 fully saturated rings. The summed E-state index contributed by atoms with van der Waals surface area (Å²) in [5.74, 6) is 0. The summed E-state index contributed by atoms with van der Waals surface area (Å²) in [7, 11) is 0. The third-order valence-corrected chi connectivity index (χ3v) is 15.8. The molecular formula is C70H49NO. The maximum atomic E-state index is 6.55. The highest BCUT2D eigenvalue weighted by Gasteiger charge is 2.47. The van der Waals surface area contributed by atoms with E-state index in [4.69, 9.17) is 4.42 Å². The molecule has 2 heteroatoms. The molecule has 0 saturated carbocycles. The number of rotatable bonds is 8. The second kappa shape index (κ2) is 16.3. The molecule has 0 aliphatic heterocycles. The molecule has 2 aliphatic carbocycles. The summed E-state index contributed by atoms with van der Waals surface area (Å²) in [5.41, 5.74) is 24.2. The van der Waals surface area contributed by atoms with E-state index in [1.54, 1.807) is 0 Å². The molecule has 2 aliphatic rings. The van der Waals surface area contributed by atoms with Gasteiger partial charge in [0.1, 0.15) is 11.2 Å². The zero-order chi connectivity index (χ0) is 48.0. The molecule has 340 valence electrons. The van der Waals surface area contributed by atoms with Crippen molar-refractivity contribution in [2.24, 2.45) is 0 Å². The van der Waals surface area contributed by atoms with Gasteiger partial charge in [-0.25, -0.2) is 0 Å². The molecule has 0 saturated heterocycles. The van der Waals surface area contributed by atoms with Crippen LogP contribution in [0.4, 0.5) is 17.1 Å². The zero-order valence-corrected chi connectivity index (χ0v) is 40.2. The van der Waals surface area contributed by atoms with Crippen LogP contribution in [0.25, 0.3) is 77.6 Å². The van der Waals surface area contributed by atoms with Gasteiger partial charge in [-0.05, 0) is 114 Å². The monoisotopic (exact) mass is 919 g/mol. The fourth-order valence-electron chi connectivity index (χ4n) is 12.5. The Morgan fingerprint density at radius 3 is 1.68 bits per heavy atom. The molecule has 0 amide bonds. The lowest BCUT2D eigenvalue weighted by Gasteiger charge is -2.34. The lowest BCUT2D eigenvalue weighted by atomic mass is 9.67. The number of benzene rings is 11. The van der Waals surface area contributed by atoms with Crippen molar-refractivity contribution in [2.45, 2.75) is 24.7 Å². The van der Waals surface area contributed by atoms with Crippen molar-refractivity contribution in [3.8, 4) is 55.6 Å². The Morgan fingerprint density at radius 2 is 0.875 bits per heavy atom. The van der Waals surface area contributed by atoms with Gasteiger partial charge in [-0.1, -0.05) is 238 Å². The number of hydrogen-bond acceptors (Lipinski definition) is 2. The number of para-hydroxylation sites is 3. The van der Waals surface area contributed by atoms with E-state index in [2.05, 4.69) is 274 Å². The van der Waals surface area contributed by atoms with Gasteiger partial charge in [-0.15, -0.1) is 0 Å². The molecule has 1 unspecified atom stereocenters. The molecule has 11 aromatic carbocycles. The van der Waals surface area contributed by atoms with Crippen molar-refractivity contribution in [1.29, 1.82) is 0 Å². The van der Waals surface area contributed by atoms with Crippen LogP contribution in [0, 0.1) is 0 Å². The van der Waals surface area contributed by atoms with Crippen LogP contribution in [0.1, 0.15) is 47.2 Å². The van der Waals surface area contributed by atoms with E-state index in [0.29, 0.717) is 0 Å².